The molecule has 8 rings (SSSR count). The van der Waals surface area contributed by atoms with Crippen LogP contribution in [0.5, 0.6) is 5.75 Å². The van der Waals surface area contributed by atoms with E-state index >= 15 is 8.78 Å². The Morgan fingerprint density at radius 1 is 1.00 bits per heavy atom. The molecular weight excluding hydrogens is 729 g/mol. The summed E-state index contributed by atoms with van der Waals surface area (Å²) in [6.07, 6.45) is 9.05. The quantitative estimate of drug-likeness (QED) is 0.127. The van der Waals surface area contributed by atoms with Crippen molar-refractivity contribution in [2.75, 3.05) is 36.8 Å². The molecule has 0 bridgehead atoms. The number of aryl methyl sites for hydroxylation is 1. The minimum absolute atomic E-state index is 0.0319. The normalized spacial score (nSPS) is 17.2. The molecule has 5 aromatic rings. The van der Waals surface area contributed by atoms with Crippen LogP contribution in [0.15, 0.2) is 53.6 Å². The summed E-state index contributed by atoms with van der Waals surface area (Å²) in [6.45, 7) is 0.969. The average molecular weight is 770 g/mol. The van der Waals surface area contributed by atoms with Crippen molar-refractivity contribution in [1.29, 1.82) is 5.26 Å². The van der Waals surface area contributed by atoms with Gasteiger partial charge in [-0.1, -0.05) is 12.1 Å². The number of hydrogen-bond acceptors (Lipinski definition) is 11. The number of sulfone groups is 1. The van der Waals surface area contributed by atoms with Gasteiger partial charge in [-0.3, -0.25) is 0 Å². The molecule has 1 unspecified atom stereocenters. The minimum Gasteiger partial charge on any atom is -0.497 e. The standard InChI is InChI=1S/C39H41F2N9O4S/c1-47-22-30(43-33(47)20-42)36-35(25-12-13-25)38(45-39(44-36)48(2)37-28(40)17-27(18-29(37)41)55(4,51)52)49(21-23-8-14-26(53-3)15-9-23)32-19-31(24-10-11-24)50(46-32)34-7-5-6-16-54-34/h8-9,14-15,17-19,22,24-25,34H,5-7,10-13,16,21H2,1-4H3. The lowest BCUT2D eigenvalue weighted by atomic mass is 10.1. The molecule has 2 saturated carbocycles. The van der Waals surface area contributed by atoms with Crippen LogP contribution in [0, 0.1) is 23.0 Å². The minimum atomic E-state index is -3.90. The number of hydrogen-bond donors (Lipinski definition) is 0. The molecule has 3 aromatic heterocycles. The van der Waals surface area contributed by atoms with Gasteiger partial charge in [0.25, 0.3) is 0 Å². The van der Waals surface area contributed by atoms with Gasteiger partial charge in [-0.05, 0) is 80.7 Å². The molecule has 0 N–H and O–H groups in total. The third-order valence-electron chi connectivity index (χ3n) is 10.4. The smallest absolute Gasteiger partial charge is 0.232 e. The van der Waals surface area contributed by atoms with Crippen LogP contribution >= 0.6 is 0 Å². The molecule has 286 valence electrons. The van der Waals surface area contributed by atoms with Crippen molar-refractivity contribution in [3.05, 3.63) is 82.9 Å². The van der Waals surface area contributed by atoms with E-state index in [2.05, 4.69) is 17.1 Å². The molecule has 13 nitrogen and oxygen atoms in total. The van der Waals surface area contributed by atoms with Crippen molar-refractivity contribution < 1.29 is 26.7 Å². The van der Waals surface area contributed by atoms with Crippen LogP contribution in [0.25, 0.3) is 11.4 Å². The summed E-state index contributed by atoms with van der Waals surface area (Å²) in [5.41, 5.74) is 3.07. The highest BCUT2D eigenvalue weighted by Crippen LogP contribution is 2.51. The van der Waals surface area contributed by atoms with E-state index in [4.69, 9.17) is 24.5 Å². The Kier molecular flexibility index (Phi) is 9.54. The lowest BCUT2D eigenvalue weighted by Gasteiger charge is -2.28. The first-order valence-electron chi connectivity index (χ1n) is 18.3. The van der Waals surface area contributed by atoms with Gasteiger partial charge >= 0.3 is 0 Å². The van der Waals surface area contributed by atoms with Gasteiger partial charge in [0.05, 0.1) is 18.6 Å². The van der Waals surface area contributed by atoms with Crippen LogP contribution in [0.1, 0.15) is 85.7 Å². The number of ether oxygens (including phenoxy) is 2. The van der Waals surface area contributed by atoms with Crippen LogP contribution in [0.3, 0.4) is 0 Å². The van der Waals surface area contributed by atoms with Crippen molar-refractivity contribution in [3.63, 3.8) is 0 Å². The second kappa shape index (κ2) is 14.3. The third kappa shape index (κ3) is 7.26. The Balaban J connectivity index is 1.36. The monoisotopic (exact) mass is 769 g/mol. The predicted octanol–water partition coefficient (Wildman–Crippen LogP) is 7.20. The van der Waals surface area contributed by atoms with E-state index in [1.807, 2.05) is 33.8 Å². The van der Waals surface area contributed by atoms with Gasteiger partial charge in [0.2, 0.25) is 11.8 Å². The molecule has 2 aromatic carbocycles. The molecule has 55 heavy (non-hydrogen) atoms. The number of benzene rings is 2. The molecule has 2 aliphatic carbocycles. The van der Waals surface area contributed by atoms with E-state index in [1.54, 1.807) is 24.9 Å². The number of imidazole rings is 1. The van der Waals surface area contributed by atoms with E-state index in [0.717, 1.165) is 80.2 Å². The van der Waals surface area contributed by atoms with E-state index in [0.29, 0.717) is 47.8 Å². The number of anilines is 4. The zero-order valence-corrected chi connectivity index (χ0v) is 31.9. The highest BCUT2D eigenvalue weighted by atomic mass is 32.2. The largest absolute Gasteiger partial charge is 0.497 e. The van der Waals surface area contributed by atoms with E-state index < -0.39 is 32.1 Å². The number of nitriles is 1. The van der Waals surface area contributed by atoms with Gasteiger partial charge in [-0.2, -0.15) is 15.3 Å². The van der Waals surface area contributed by atoms with E-state index in [1.165, 1.54) is 11.9 Å². The molecule has 1 saturated heterocycles. The molecule has 3 fully saturated rings. The molecule has 4 heterocycles. The van der Waals surface area contributed by atoms with Crippen molar-refractivity contribution >= 4 is 33.1 Å². The van der Waals surface area contributed by atoms with Gasteiger partial charge in [-0.25, -0.2) is 31.8 Å². The Hall–Kier alpha value is -5.40. The van der Waals surface area contributed by atoms with E-state index in [9.17, 15) is 13.7 Å². The van der Waals surface area contributed by atoms with Crippen molar-refractivity contribution in [2.24, 2.45) is 7.05 Å². The molecule has 0 radical (unpaired) electrons. The highest BCUT2D eigenvalue weighted by molar-refractivity contribution is 7.90. The first kappa shape index (κ1) is 36.6. The summed E-state index contributed by atoms with van der Waals surface area (Å²) in [4.78, 5) is 17.3. The number of halogens is 2. The number of nitrogens with zero attached hydrogens (tertiary/aromatic N) is 9. The fourth-order valence-electron chi connectivity index (χ4n) is 7.14. The number of rotatable bonds is 12. The maximum Gasteiger partial charge on any atom is 0.232 e. The summed E-state index contributed by atoms with van der Waals surface area (Å²) in [5.74, 6) is 0.0768. The zero-order chi connectivity index (χ0) is 38.6. The van der Waals surface area contributed by atoms with Gasteiger partial charge in [-0.15, -0.1) is 0 Å². The first-order chi connectivity index (χ1) is 26.4. The van der Waals surface area contributed by atoms with Gasteiger partial charge in [0.1, 0.15) is 34.7 Å². The molecule has 0 amide bonds. The number of aromatic nitrogens is 6. The fraction of sp³-hybridized carbons (Fsp3) is 0.410. The molecule has 3 aliphatic rings. The van der Waals surface area contributed by atoms with Crippen LogP contribution in [0.2, 0.25) is 0 Å². The maximum absolute atomic E-state index is 15.8. The lowest BCUT2D eigenvalue weighted by Crippen LogP contribution is -2.25. The zero-order valence-electron chi connectivity index (χ0n) is 31.0. The topological polar surface area (TPSA) is 144 Å². The van der Waals surface area contributed by atoms with Crippen LogP contribution in [-0.4, -0.2) is 64.7 Å². The maximum atomic E-state index is 15.8. The summed E-state index contributed by atoms with van der Waals surface area (Å²) in [7, 11) is 0.844. The summed E-state index contributed by atoms with van der Waals surface area (Å²) >= 11 is 0. The molecule has 16 heteroatoms. The lowest BCUT2D eigenvalue weighted by molar-refractivity contribution is -0.0410. The molecule has 1 aliphatic heterocycles. The summed E-state index contributed by atoms with van der Waals surface area (Å²) in [5, 5.41) is 15.1. The Bertz CT molecular complexity index is 2390. The molecule has 0 spiro atoms. The van der Waals surface area contributed by atoms with Gasteiger partial charge in [0.15, 0.2) is 33.5 Å². The van der Waals surface area contributed by atoms with Gasteiger partial charge < -0.3 is 23.8 Å². The van der Waals surface area contributed by atoms with Gasteiger partial charge in [0, 0.05) is 56.4 Å². The third-order valence-corrected chi connectivity index (χ3v) is 11.5. The number of methoxy groups -OCH3 is 1. The van der Waals surface area contributed by atoms with Crippen molar-refractivity contribution in [2.45, 2.75) is 74.4 Å². The van der Waals surface area contributed by atoms with Crippen molar-refractivity contribution in [3.8, 4) is 23.2 Å². The van der Waals surface area contributed by atoms with Crippen molar-refractivity contribution in [1.82, 2.24) is 29.3 Å². The summed E-state index contributed by atoms with van der Waals surface area (Å²) in [6, 6.07) is 13.5. The fourth-order valence-corrected chi connectivity index (χ4v) is 7.78. The Morgan fingerprint density at radius 3 is 2.29 bits per heavy atom. The average Bonchev–Trinajstić information content (AvgIpc) is 4.12. The molecule has 1 atom stereocenters. The van der Waals surface area contributed by atoms with Crippen LogP contribution < -0.4 is 14.5 Å². The second-order valence-electron chi connectivity index (χ2n) is 14.5. The SMILES string of the molecule is COc1ccc(CN(c2cc(C3CC3)n(C3CCCCO3)n2)c2nc(N(C)c3c(F)cc(S(C)(=O)=O)cc3F)nc(-c3cn(C)c(C#N)n3)c2C2CC2)cc1. The Labute approximate surface area is 318 Å². The van der Waals surface area contributed by atoms with Crippen LogP contribution in [-0.2, 0) is 28.2 Å². The van der Waals surface area contributed by atoms with E-state index in [-0.39, 0.29) is 23.9 Å². The molecular formula is C39H41F2N9O4S. The second-order valence-corrected chi connectivity index (χ2v) is 16.5. The van der Waals surface area contributed by atoms with Crippen LogP contribution in [0.4, 0.5) is 32.1 Å². The predicted molar refractivity (Wildman–Crippen MR) is 200 cm³/mol. The first-order valence-corrected chi connectivity index (χ1v) is 20.2. The Morgan fingerprint density at radius 2 is 1.71 bits per heavy atom. The summed E-state index contributed by atoms with van der Waals surface area (Å²) < 4.78 is 71.4. The highest BCUT2D eigenvalue weighted by Gasteiger charge is 2.38.